The molecule has 0 aliphatic heterocycles. The number of H-pyrrole nitrogens is 1. The van der Waals surface area contributed by atoms with E-state index in [2.05, 4.69) is 9.97 Å². The van der Waals surface area contributed by atoms with E-state index in [-0.39, 0.29) is 0 Å². The first-order chi connectivity index (χ1) is 6.33. The van der Waals surface area contributed by atoms with Gasteiger partial charge < -0.3 is 10.7 Å². The zero-order valence-corrected chi connectivity index (χ0v) is 7.80. The Kier molecular flexibility index (Phi) is 2.20. The fraction of sp³-hybridized carbons (Fsp3) is 0.222. The normalized spacial score (nSPS) is 10.9. The van der Waals surface area contributed by atoms with Crippen molar-refractivity contribution in [2.45, 2.75) is 12.4 Å². The number of fused-ring (bicyclic) bond motifs is 1. The summed E-state index contributed by atoms with van der Waals surface area (Å²) < 4.78 is 0. The molecule has 1 aromatic heterocycles. The minimum absolute atomic E-state index is 0.409. The zero-order valence-electron chi connectivity index (χ0n) is 7.05. The number of nitrogens with zero attached hydrogens (tertiary/aromatic N) is 1. The Morgan fingerprint density at radius 2 is 2.31 bits per heavy atom. The lowest BCUT2D eigenvalue weighted by Crippen LogP contribution is -1.95. The van der Waals surface area contributed by atoms with Gasteiger partial charge in [-0.3, -0.25) is 0 Å². The number of aromatic nitrogens is 2. The van der Waals surface area contributed by atoms with E-state index in [9.17, 15) is 0 Å². The molecule has 0 spiro atoms. The first kappa shape index (κ1) is 8.53. The van der Waals surface area contributed by atoms with Crippen LogP contribution in [0.15, 0.2) is 18.2 Å². The molecule has 0 aliphatic carbocycles. The second-order valence-electron chi connectivity index (χ2n) is 2.87. The first-order valence-electron chi connectivity index (χ1n) is 4.07. The second kappa shape index (κ2) is 3.36. The molecule has 0 saturated heterocycles. The predicted octanol–water partition coefficient (Wildman–Crippen LogP) is 1.76. The summed E-state index contributed by atoms with van der Waals surface area (Å²) in [5, 5.41) is 0. The molecule has 0 atom stereocenters. The van der Waals surface area contributed by atoms with Crippen LogP contribution in [0.5, 0.6) is 0 Å². The monoisotopic (exact) mass is 195 g/mol. The van der Waals surface area contributed by atoms with Gasteiger partial charge in [-0.1, -0.05) is 6.07 Å². The van der Waals surface area contributed by atoms with Crippen LogP contribution in [0.25, 0.3) is 11.0 Å². The van der Waals surface area contributed by atoms with Crippen molar-refractivity contribution >= 4 is 22.6 Å². The molecule has 0 unspecified atom stereocenters. The van der Waals surface area contributed by atoms with Crippen LogP contribution in [-0.2, 0) is 12.4 Å². The largest absolute Gasteiger partial charge is 0.341 e. The Labute approximate surface area is 80.9 Å². The topological polar surface area (TPSA) is 54.7 Å². The third-order valence-electron chi connectivity index (χ3n) is 1.96. The number of nitrogens with two attached hydrogens (primary N) is 1. The number of nitrogens with one attached hydrogen (secondary N) is 1. The van der Waals surface area contributed by atoms with Gasteiger partial charge in [0, 0.05) is 6.54 Å². The van der Waals surface area contributed by atoms with E-state index in [0.29, 0.717) is 12.4 Å². The summed E-state index contributed by atoms with van der Waals surface area (Å²) in [6.07, 6.45) is 0. The lowest BCUT2D eigenvalue weighted by Gasteiger charge is -1.94. The molecule has 2 aromatic rings. The van der Waals surface area contributed by atoms with Gasteiger partial charge in [0.15, 0.2) is 0 Å². The molecule has 0 fully saturated rings. The van der Waals surface area contributed by atoms with Crippen molar-refractivity contribution < 1.29 is 0 Å². The van der Waals surface area contributed by atoms with E-state index in [1.165, 1.54) is 0 Å². The zero-order chi connectivity index (χ0) is 9.26. The van der Waals surface area contributed by atoms with E-state index in [4.69, 9.17) is 17.3 Å². The molecule has 1 aromatic carbocycles. The molecule has 0 aliphatic rings. The van der Waals surface area contributed by atoms with Gasteiger partial charge in [0.05, 0.1) is 16.9 Å². The molecular formula is C9H10ClN3. The van der Waals surface area contributed by atoms with Gasteiger partial charge in [-0.05, 0) is 17.7 Å². The maximum atomic E-state index is 5.65. The smallest absolute Gasteiger partial charge is 0.122 e. The summed E-state index contributed by atoms with van der Waals surface area (Å²) in [5.41, 5.74) is 8.55. The molecule has 68 valence electrons. The number of hydrogen-bond acceptors (Lipinski definition) is 2. The Bertz CT molecular complexity index is 420. The molecule has 4 heteroatoms. The second-order valence-corrected chi connectivity index (χ2v) is 3.14. The van der Waals surface area contributed by atoms with Gasteiger partial charge in [0.1, 0.15) is 5.82 Å². The number of rotatable bonds is 2. The quantitative estimate of drug-likeness (QED) is 0.718. The van der Waals surface area contributed by atoms with Crippen molar-refractivity contribution in [3.63, 3.8) is 0 Å². The lowest BCUT2D eigenvalue weighted by molar-refractivity contribution is 1.07. The maximum absolute atomic E-state index is 5.65. The van der Waals surface area contributed by atoms with Crippen LogP contribution >= 0.6 is 11.6 Å². The third-order valence-corrected chi connectivity index (χ3v) is 2.21. The number of imidazole rings is 1. The van der Waals surface area contributed by atoms with Crippen LogP contribution in [0.3, 0.4) is 0 Å². The van der Waals surface area contributed by atoms with E-state index < -0.39 is 0 Å². The minimum atomic E-state index is 0.409. The van der Waals surface area contributed by atoms with Crippen LogP contribution in [0.2, 0.25) is 0 Å². The number of aromatic amines is 1. The molecule has 1 heterocycles. The van der Waals surface area contributed by atoms with Crippen molar-refractivity contribution in [1.29, 1.82) is 0 Å². The number of benzene rings is 1. The first-order valence-corrected chi connectivity index (χ1v) is 4.60. The van der Waals surface area contributed by atoms with Gasteiger partial charge >= 0.3 is 0 Å². The molecule has 0 radical (unpaired) electrons. The molecule has 0 bridgehead atoms. The average molecular weight is 196 g/mol. The van der Waals surface area contributed by atoms with Crippen LogP contribution in [0.4, 0.5) is 0 Å². The van der Waals surface area contributed by atoms with Crippen LogP contribution in [0, 0.1) is 0 Å². The predicted molar refractivity (Wildman–Crippen MR) is 53.5 cm³/mol. The van der Waals surface area contributed by atoms with Gasteiger partial charge in [-0.15, -0.1) is 11.6 Å². The Balaban J connectivity index is 2.57. The van der Waals surface area contributed by atoms with E-state index in [1.54, 1.807) is 0 Å². The van der Waals surface area contributed by atoms with Crippen LogP contribution in [0.1, 0.15) is 11.4 Å². The Hall–Kier alpha value is -1.06. The van der Waals surface area contributed by atoms with E-state index in [1.807, 2.05) is 18.2 Å². The van der Waals surface area contributed by atoms with Gasteiger partial charge in [-0.2, -0.15) is 0 Å². The maximum Gasteiger partial charge on any atom is 0.122 e. The van der Waals surface area contributed by atoms with Gasteiger partial charge in [0.25, 0.3) is 0 Å². The third kappa shape index (κ3) is 1.53. The highest BCUT2D eigenvalue weighted by atomic mass is 35.5. The Morgan fingerprint density at radius 3 is 3.00 bits per heavy atom. The standard InChI is InChI=1S/C9H10ClN3/c10-4-9-12-7-2-1-6(5-11)3-8(7)13-9/h1-3H,4-5,11H2,(H,12,13). The van der Waals surface area contributed by atoms with Crippen molar-refractivity contribution in [2.24, 2.45) is 5.73 Å². The van der Waals surface area contributed by atoms with Crippen molar-refractivity contribution in [2.75, 3.05) is 0 Å². The molecule has 3 N–H and O–H groups in total. The summed E-state index contributed by atoms with van der Waals surface area (Å²) in [5.74, 6) is 1.21. The Morgan fingerprint density at radius 1 is 1.46 bits per heavy atom. The molecule has 0 amide bonds. The number of alkyl halides is 1. The molecule has 3 nitrogen and oxygen atoms in total. The molecular weight excluding hydrogens is 186 g/mol. The van der Waals surface area contributed by atoms with Gasteiger partial charge in [0.2, 0.25) is 0 Å². The number of halogens is 1. The fourth-order valence-corrected chi connectivity index (χ4v) is 1.43. The highest BCUT2D eigenvalue weighted by molar-refractivity contribution is 6.16. The van der Waals surface area contributed by atoms with E-state index in [0.717, 1.165) is 22.4 Å². The number of hydrogen-bond donors (Lipinski definition) is 2. The van der Waals surface area contributed by atoms with Crippen molar-refractivity contribution in [3.05, 3.63) is 29.6 Å². The summed E-state index contributed by atoms with van der Waals surface area (Å²) >= 11 is 5.65. The summed E-state index contributed by atoms with van der Waals surface area (Å²) in [4.78, 5) is 7.40. The summed E-state index contributed by atoms with van der Waals surface area (Å²) in [6.45, 7) is 0.547. The summed E-state index contributed by atoms with van der Waals surface area (Å²) in [7, 11) is 0. The average Bonchev–Trinajstić information content (AvgIpc) is 2.58. The highest BCUT2D eigenvalue weighted by Crippen LogP contribution is 2.14. The minimum Gasteiger partial charge on any atom is -0.341 e. The van der Waals surface area contributed by atoms with Crippen molar-refractivity contribution in [3.8, 4) is 0 Å². The fourth-order valence-electron chi connectivity index (χ4n) is 1.30. The van der Waals surface area contributed by atoms with Gasteiger partial charge in [-0.25, -0.2) is 4.98 Å². The SMILES string of the molecule is NCc1ccc2nc(CCl)[nH]c2c1. The van der Waals surface area contributed by atoms with Crippen LogP contribution < -0.4 is 5.73 Å². The van der Waals surface area contributed by atoms with Crippen molar-refractivity contribution in [1.82, 2.24) is 9.97 Å². The highest BCUT2D eigenvalue weighted by Gasteiger charge is 2.01. The molecule has 2 rings (SSSR count). The molecule has 0 saturated carbocycles. The van der Waals surface area contributed by atoms with Crippen LogP contribution in [-0.4, -0.2) is 9.97 Å². The molecule has 13 heavy (non-hydrogen) atoms. The van der Waals surface area contributed by atoms with E-state index >= 15 is 0 Å². The lowest BCUT2D eigenvalue weighted by atomic mass is 10.2. The summed E-state index contributed by atoms with van der Waals surface area (Å²) in [6, 6.07) is 5.92.